The van der Waals surface area contributed by atoms with E-state index in [2.05, 4.69) is 0 Å². The van der Waals surface area contributed by atoms with Gasteiger partial charge >= 0.3 is 6.09 Å². The van der Waals surface area contributed by atoms with Crippen LogP contribution in [0, 0.1) is 0 Å². The highest BCUT2D eigenvalue weighted by molar-refractivity contribution is 5.94. The number of hydrogen-bond donors (Lipinski definition) is 1. The molecule has 31 heavy (non-hydrogen) atoms. The van der Waals surface area contributed by atoms with E-state index in [0.717, 1.165) is 22.8 Å². The summed E-state index contributed by atoms with van der Waals surface area (Å²) in [6, 6.07) is 14.0. The zero-order chi connectivity index (χ0) is 22.2. The molecular weight excluding hydrogens is 392 g/mol. The van der Waals surface area contributed by atoms with Crippen molar-refractivity contribution in [3.63, 3.8) is 0 Å². The van der Waals surface area contributed by atoms with Gasteiger partial charge in [-0.2, -0.15) is 0 Å². The van der Waals surface area contributed by atoms with Crippen LogP contribution in [0.25, 0.3) is 10.8 Å². The Balaban J connectivity index is 1.55. The molecule has 1 aliphatic heterocycles. The molecule has 0 spiro atoms. The Morgan fingerprint density at radius 1 is 0.968 bits per heavy atom. The lowest BCUT2D eigenvalue weighted by molar-refractivity contribution is -0.146. The van der Waals surface area contributed by atoms with Gasteiger partial charge in [-0.1, -0.05) is 42.5 Å². The number of benzene rings is 2. The minimum absolute atomic E-state index is 0.0533. The van der Waals surface area contributed by atoms with Gasteiger partial charge < -0.3 is 19.6 Å². The van der Waals surface area contributed by atoms with Crippen LogP contribution in [0.4, 0.5) is 4.79 Å². The molecule has 2 aliphatic rings. The lowest BCUT2D eigenvalue weighted by Crippen LogP contribution is -2.56. The Morgan fingerprint density at radius 3 is 2.19 bits per heavy atom. The molecule has 6 nitrogen and oxygen atoms in total. The fraction of sp³-hybridized carbons (Fsp3) is 0.520. The topological polar surface area (TPSA) is 70.1 Å². The molecular formula is C25H32N2O4. The predicted molar refractivity (Wildman–Crippen MR) is 120 cm³/mol. The first-order chi connectivity index (χ1) is 14.7. The molecule has 1 N–H and O–H groups in total. The van der Waals surface area contributed by atoms with E-state index in [-0.39, 0.29) is 12.0 Å². The van der Waals surface area contributed by atoms with Gasteiger partial charge in [0.1, 0.15) is 5.60 Å². The van der Waals surface area contributed by atoms with Crippen LogP contribution in [0.15, 0.2) is 42.5 Å². The third kappa shape index (κ3) is 4.40. The fourth-order valence-corrected chi connectivity index (χ4v) is 4.60. The highest BCUT2D eigenvalue weighted by atomic mass is 16.6. The van der Waals surface area contributed by atoms with Crippen molar-refractivity contribution in [2.45, 2.75) is 57.2 Å². The van der Waals surface area contributed by atoms with Crippen LogP contribution in [0.1, 0.15) is 51.5 Å². The maximum atomic E-state index is 13.7. The van der Waals surface area contributed by atoms with Crippen LogP contribution < -0.4 is 0 Å². The third-order valence-electron chi connectivity index (χ3n) is 6.38. The van der Waals surface area contributed by atoms with Gasteiger partial charge in [-0.15, -0.1) is 0 Å². The number of aliphatic hydroxyl groups is 1. The van der Waals surface area contributed by atoms with Crippen molar-refractivity contribution in [3.05, 3.63) is 48.0 Å². The van der Waals surface area contributed by atoms with Gasteiger partial charge in [0.25, 0.3) is 0 Å². The summed E-state index contributed by atoms with van der Waals surface area (Å²) >= 11 is 0. The average Bonchev–Trinajstić information content (AvgIpc) is 2.71. The number of carbonyl (C=O) groups excluding carboxylic acids is 2. The molecule has 1 unspecified atom stereocenters. The normalized spacial score (nSPS) is 19.6. The summed E-state index contributed by atoms with van der Waals surface area (Å²) in [5, 5.41) is 13.4. The van der Waals surface area contributed by atoms with Gasteiger partial charge in [-0.05, 0) is 56.4 Å². The second-order valence-electron chi connectivity index (χ2n) is 9.75. The van der Waals surface area contributed by atoms with Crippen LogP contribution >= 0.6 is 0 Å². The molecule has 2 aromatic rings. The zero-order valence-electron chi connectivity index (χ0n) is 18.6. The highest BCUT2D eigenvalue weighted by Crippen LogP contribution is 2.46. The van der Waals surface area contributed by atoms with Gasteiger partial charge in [0, 0.05) is 26.2 Å². The second kappa shape index (κ2) is 8.15. The van der Waals surface area contributed by atoms with Gasteiger partial charge in [0.15, 0.2) is 0 Å². The third-order valence-corrected chi connectivity index (χ3v) is 6.38. The molecule has 1 atom stereocenters. The second-order valence-corrected chi connectivity index (χ2v) is 9.75. The van der Waals surface area contributed by atoms with Crippen molar-refractivity contribution in [2.75, 3.05) is 26.2 Å². The summed E-state index contributed by atoms with van der Waals surface area (Å²) in [5.41, 5.74) is -0.666. The fourth-order valence-electron chi connectivity index (χ4n) is 4.60. The largest absolute Gasteiger partial charge is 0.444 e. The van der Waals surface area contributed by atoms with Gasteiger partial charge in [-0.3, -0.25) is 4.79 Å². The molecule has 0 bridgehead atoms. The number of carbonyl (C=O) groups is 2. The molecule has 1 aliphatic carbocycles. The number of rotatable bonds is 3. The quantitative estimate of drug-likeness (QED) is 0.811. The van der Waals surface area contributed by atoms with Crippen molar-refractivity contribution < 1.29 is 19.4 Å². The molecule has 2 amide bonds. The maximum absolute atomic E-state index is 13.7. The van der Waals surface area contributed by atoms with E-state index in [1.54, 1.807) is 9.80 Å². The molecule has 1 heterocycles. The summed E-state index contributed by atoms with van der Waals surface area (Å²) in [4.78, 5) is 29.5. The smallest absolute Gasteiger partial charge is 0.410 e. The van der Waals surface area contributed by atoms with E-state index in [1.165, 1.54) is 0 Å². The molecule has 0 radical (unpaired) electrons. The summed E-state index contributed by atoms with van der Waals surface area (Å²) in [6.07, 6.45) is 1.84. The molecule has 0 aromatic heterocycles. The summed E-state index contributed by atoms with van der Waals surface area (Å²) in [5.74, 6) is -0.650. The minimum Gasteiger partial charge on any atom is -0.444 e. The van der Waals surface area contributed by atoms with E-state index in [0.29, 0.717) is 39.0 Å². The summed E-state index contributed by atoms with van der Waals surface area (Å²) in [7, 11) is 0. The number of amides is 2. The standard InChI is InChI=1S/C25H32N2O4/c1-24(2,3)31-23(29)27-16-14-26(15-17-27)22(28)21(25(30)12-7-13-25)20-11-6-9-18-8-4-5-10-19(18)20/h4-6,8-11,21,30H,7,12-17H2,1-3H3. The van der Waals surface area contributed by atoms with Crippen molar-refractivity contribution >= 4 is 22.8 Å². The zero-order valence-corrected chi connectivity index (χ0v) is 18.6. The minimum atomic E-state index is -1.01. The van der Waals surface area contributed by atoms with E-state index in [1.807, 2.05) is 63.2 Å². The van der Waals surface area contributed by atoms with Crippen LogP contribution in [0.2, 0.25) is 0 Å². The molecule has 1 saturated heterocycles. The Morgan fingerprint density at radius 2 is 1.58 bits per heavy atom. The van der Waals surface area contributed by atoms with Gasteiger partial charge in [-0.25, -0.2) is 4.79 Å². The Labute approximate surface area is 183 Å². The van der Waals surface area contributed by atoms with Crippen LogP contribution in [-0.4, -0.2) is 64.3 Å². The van der Waals surface area contributed by atoms with Crippen molar-refractivity contribution in [3.8, 4) is 0 Å². The summed E-state index contributed by atoms with van der Waals surface area (Å²) in [6.45, 7) is 7.28. The van der Waals surface area contributed by atoms with E-state index < -0.39 is 17.1 Å². The average molecular weight is 425 g/mol. The lowest BCUT2D eigenvalue weighted by atomic mass is 9.67. The predicted octanol–water partition coefficient (Wildman–Crippen LogP) is 3.92. The number of fused-ring (bicyclic) bond motifs is 1. The van der Waals surface area contributed by atoms with E-state index >= 15 is 0 Å². The van der Waals surface area contributed by atoms with Gasteiger partial charge in [0.2, 0.25) is 5.91 Å². The maximum Gasteiger partial charge on any atom is 0.410 e. The number of piperazine rings is 1. The van der Waals surface area contributed by atoms with Crippen molar-refractivity contribution in [1.29, 1.82) is 0 Å². The molecule has 1 saturated carbocycles. The van der Waals surface area contributed by atoms with Crippen LogP contribution in [0.3, 0.4) is 0 Å². The van der Waals surface area contributed by atoms with Crippen LogP contribution in [0.5, 0.6) is 0 Å². The van der Waals surface area contributed by atoms with E-state index in [4.69, 9.17) is 4.74 Å². The van der Waals surface area contributed by atoms with E-state index in [9.17, 15) is 14.7 Å². The number of ether oxygens (including phenoxy) is 1. The Hall–Kier alpha value is -2.60. The number of hydrogen-bond acceptors (Lipinski definition) is 4. The molecule has 2 fully saturated rings. The first-order valence-corrected chi connectivity index (χ1v) is 11.1. The first kappa shape index (κ1) is 21.6. The molecule has 2 aromatic carbocycles. The molecule has 6 heteroatoms. The SMILES string of the molecule is CC(C)(C)OC(=O)N1CCN(C(=O)C(c2cccc3ccccc23)C2(O)CCC2)CC1. The van der Waals surface area contributed by atoms with Crippen LogP contribution in [-0.2, 0) is 9.53 Å². The monoisotopic (exact) mass is 424 g/mol. The molecule has 166 valence electrons. The number of nitrogens with zero attached hydrogens (tertiary/aromatic N) is 2. The summed E-state index contributed by atoms with van der Waals surface area (Å²) < 4.78 is 5.46. The molecule has 4 rings (SSSR count). The first-order valence-electron chi connectivity index (χ1n) is 11.1. The highest BCUT2D eigenvalue weighted by Gasteiger charge is 2.49. The van der Waals surface area contributed by atoms with Crippen molar-refractivity contribution in [1.82, 2.24) is 9.80 Å². The Bertz CT molecular complexity index is 964. The Kier molecular flexibility index (Phi) is 5.69. The van der Waals surface area contributed by atoms with Crippen molar-refractivity contribution in [2.24, 2.45) is 0 Å². The lowest BCUT2D eigenvalue weighted by Gasteiger charge is -2.45. The van der Waals surface area contributed by atoms with Gasteiger partial charge in [0.05, 0.1) is 11.5 Å².